The van der Waals surface area contributed by atoms with E-state index in [4.69, 9.17) is 16.6 Å². The summed E-state index contributed by atoms with van der Waals surface area (Å²) in [5.74, 6) is 0. The van der Waals surface area contributed by atoms with E-state index in [1.807, 2.05) is 24.3 Å². The summed E-state index contributed by atoms with van der Waals surface area (Å²) in [7, 11) is 0. The fraction of sp³-hybridized carbons (Fsp3) is 0.308. The van der Waals surface area contributed by atoms with Crippen molar-refractivity contribution < 1.29 is 0 Å². The third kappa shape index (κ3) is 2.51. The van der Waals surface area contributed by atoms with Gasteiger partial charge in [-0.3, -0.25) is 0 Å². The summed E-state index contributed by atoms with van der Waals surface area (Å²) in [6.45, 7) is 4.15. The van der Waals surface area contributed by atoms with E-state index in [9.17, 15) is 0 Å². The number of hydrogen-bond donors (Lipinski definition) is 1. The molecule has 5 heteroatoms. The molecule has 0 unspecified atom stereocenters. The fourth-order valence-corrected chi connectivity index (χ4v) is 3.03. The first-order valence-corrected chi connectivity index (χ1v) is 7.26. The van der Waals surface area contributed by atoms with Gasteiger partial charge in [-0.2, -0.15) is 0 Å². The van der Waals surface area contributed by atoms with Gasteiger partial charge < -0.3 is 10.2 Å². The molecule has 0 amide bonds. The largest absolute Gasteiger partial charge is 0.346 e. The molecule has 1 aliphatic heterocycles. The zero-order valence-corrected chi connectivity index (χ0v) is 11.5. The molecular weight excluding hydrogens is 266 g/mol. The summed E-state index contributed by atoms with van der Waals surface area (Å²) in [6, 6.07) is 7.83. The Morgan fingerprint density at radius 1 is 1.17 bits per heavy atom. The van der Waals surface area contributed by atoms with Crippen LogP contribution in [0.2, 0.25) is 5.02 Å². The zero-order chi connectivity index (χ0) is 12.4. The average molecular weight is 280 g/mol. The van der Waals surface area contributed by atoms with E-state index in [1.165, 1.54) is 0 Å². The summed E-state index contributed by atoms with van der Waals surface area (Å²) in [6.07, 6.45) is 0. The molecule has 0 bridgehead atoms. The van der Waals surface area contributed by atoms with Crippen LogP contribution in [0.3, 0.4) is 0 Å². The van der Waals surface area contributed by atoms with Crippen molar-refractivity contribution in [1.29, 1.82) is 0 Å². The van der Waals surface area contributed by atoms with Gasteiger partial charge in [0.05, 0.1) is 5.69 Å². The number of piperazine rings is 1. The molecule has 0 spiro atoms. The van der Waals surface area contributed by atoms with Crippen LogP contribution >= 0.6 is 22.9 Å². The first-order chi connectivity index (χ1) is 8.83. The molecule has 94 valence electrons. The Morgan fingerprint density at radius 3 is 2.61 bits per heavy atom. The summed E-state index contributed by atoms with van der Waals surface area (Å²) in [4.78, 5) is 7.04. The number of thiazole rings is 1. The van der Waals surface area contributed by atoms with Crippen molar-refractivity contribution in [2.24, 2.45) is 0 Å². The Bertz CT molecular complexity index is 517. The molecule has 3 rings (SSSR count). The fourth-order valence-electron chi connectivity index (χ4n) is 2.02. The van der Waals surface area contributed by atoms with E-state index in [0.29, 0.717) is 0 Å². The maximum absolute atomic E-state index is 5.89. The molecule has 1 N–H and O–H groups in total. The number of aromatic nitrogens is 1. The van der Waals surface area contributed by atoms with E-state index in [-0.39, 0.29) is 0 Å². The second-order valence-electron chi connectivity index (χ2n) is 4.26. The molecule has 0 atom stereocenters. The molecule has 0 aliphatic carbocycles. The Balaban J connectivity index is 1.82. The molecule has 2 heterocycles. The minimum absolute atomic E-state index is 0.760. The van der Waals surface area contributed by atoms with Gasteiger partial charge in [0, 0.05) is 42.1 Å². The standard InChI is InChI=1S/C13H14ClN3S/c14-11-3-1-10(2-4-11)12-9-18-13(16-12)17-7-5-15-6-8-17/h1-4,9,15H,5-8H2. The van der Waals surface area contributed by atoms with Crippen LogP contribution < -0.4 is 10.2 Å². The molecule has 1 fully saturated rings. The molecule has 0 saturated carbocycles. The van der Waals surface area contributed by atoms with Gasteiger partial charge in [-0.05, 0) is 12.1 Å². The lowest BCUT2D eigenvalue weighted by atomic mass is 10.2. The van der Waals surface area contributed by atoms with Crippen molar-refractivity contribution in [3.05, 3.63) is 34.7 Å². The van der Waals surface area contributed by atoms with Crippen LogP contribution in [0.1, 0.15) is 0 Å². The normalized spacial score (nSPS) is 15.9. The quantitative estimate of drug-likeness (QED) is 0.916. The molecule has 1 aromatic heterocycles. The molecule has 2 aromatic rings. The second-order valence-corrected chi connectivity index (χ2v) is 5.53. The van der Waals surface area contributed by atoms with Crippen LogP contribution in [0, 0.1) is 0 Å². The molecule has 1 aromatic carbocycles. The zero-order valence-electron chi connectivity index (χ0n) is 9.90. The summed E-state index contributed by atoms with van der Waals surface area (Å²) >= 11 is 7.60. The van der Waals surface area contributed by atoms with Crippen molar-refractivity contribution >= 4 is 28.1 Å². The summed E-state index contributed by atoms with van der Waals surface area (Å²) in [5.41, 5.74) is 2.15. The smallest absolute Gasteiger partial charge is 0.185 e. The first kappa shape index (κ1) is 12.0. The van der Waals surface area contributed by atoms with E-state index < -0.39 is 0 Å². The number of anilines is 1. The van der Waals surface area contributed by atoms with E-state index in [0.717, 1.165) is 47.6 Å². The Morgan fingerprint density at radius 2 is 1.89 bits per heavy atom. The van der Waals surface area contributed by atoms with E-state index >= 15 is 0 Å². The first-order valence-electron chi connectivity index (χ1n) is 6.00. The number of rotatable bonds is 2. The van der Waals surface area contributed by atoms with Gasteiger partial charge in [-0.25, -0.2) is 4.98 Å². The highest BCUT2D eigenvalue weighted by Gasteiger charge is 2.14. The third-order valence-corrected chi connectivity index (χ3v) is 4.17. The number of nitrogens with one attached hydrogen (secondary N) is 1. The maximum Gasteiger partial charge on any atom is 0.185 e. The Kier molecular flexibility index (Phi) is 3.50. The van der Waals surface area contributed by atoms with Crippen molar-refractivity contribution in [2.45, 2.75) is 0 Å². The number of hydrogen-bond acceptors (Lipinski definition) is 4. The molecule has 1 aliphatic rings. The number of halogens is 1. The highest BCUT2D eigenvalue weighted by molar-refractivity contribution is 7.14. The monoisotopic (exact) mass is 279 g/mol. The van der Waals surface area contributed by atoms with Gasteiger partial charge in [-0.15, -0.1) is 11.3 Å². The predicted molar refractivity (Wildman–Crippen MR) is 77.6 cm³/mol. The summed E-state index contributed by atoms with van der Waals surface area (Å²) in [5, 5.41) is 7.33. The van der Waals surface area contributed by atoms with Crippen LogP contribution in [-0.2, 0) is 0 Å². The van der Waals surface area contributed by atoms with Crippen LogP contribution in [-0.4, -0.2) is 31.2 Å². The lowest BCUT2D eigenvalue weighted by molar-refractivity contribution is 0.588. The van der Waals surface area contributed by atoms with Gasteiger partial charge in [0.2, 0.25) is 0 Å². The van der Waals surface area contributed by atoms with Crippen LogP contribution in [0.4, 0.5) is 5.13 Å². The topological polar surface area (TPSA) is 28.2 Å². The van der Waals surface area contributed by atoms with E-state index in [2.05, 4.69) is 15.6 Å². The van der Waals surface area contributed by atoms with Gasteiger partial charge in [0.15, 0.2) is 5.13 Å². The third-order valence-electron chi connectivity index (χ3n) is 3.02. The average Bonchev–Trinajstić information content (AvgIpc) is 2.90. The van der Waals surface area contributed by atoms with Crippen LogP contribution in [0.15, 0.2) is 29.6 Å². The number of benzene rings is 1. The predicted octanol–water partition coefficient (Wildman–Crippen LogP) is 2.87. The highest BCUT2D eigenvalue weighted by Crippen LogP contribution is 2.28. The van der Waals surface area contributed by atoms with Crippen molar-refractivity contribution in [1.82, 2.24) is 10.3 Å². The van der Waals surface area contributed by atoms with Gasteiger partial charge >= 0.3 is 0 Å². The number of nitrogens with zero attached hydrogens (tertiary/aromatic N) is 2. The molecular formula is C13H14ClN3S. The van der Waals surface area contributed by atoms with Gasteiger partial charge in [0.1, 0.15) is 0 Å². The molecule has 18 heavy (non-hydrogen) atoms. The SMILES string of the molecule is Clc1ccc(-c2csc(N3CCNCC3)n2)cc1. The second kappa shape index (κ2) is 5.26. The van der Waals surface area contributed by atoms with Crippen molar-refractivity contribution in [3.63, 3.8) is 0 Å². The van der Waals surface area contributed by atoms with Gasteiger partial charge in [-0.1, -0.05) is 23.7 Å². The molecule has 3 nitrogen and oxygen atoms in total. The lowest BCUT2D eigenvalue weighted by Gasteiger charge is -2.26. The lowest BCUT2D eigenvalue weighted by Crippen LogP contribution is -2.43. The Labute approximate surface area is 115 Å². The van der Waals surface area contributed by atoms with Crippen molar-refractivity contribution in [3.8, 4) is 11.3 Å². The van der Waals surface area contributed by atoms with E-state index in [1.54, 1.807) is 11.3 Å². The minimum Gasteiger partial charge on any atom is -0.346 e. The maximum atomic E-state index is 5.89. The summed E-state index contributed by atoms with van der Waals surface area (Å²) < 4.78 is 0. The van der Waals surface area contributed by atoms with Gasteiger partial charge in [0.25, 0.3) is 0 Å². The molecule has 0 radical (unpaired) electrons. The van der Waals surface area contributed by atoms with Crippen molar-refractivity contribution in [2.75, 3.05) is 31.1 Å². The van der Waals surface area contributed by atoms with Crippen LogP contribution in [0.5, 0.6) is 0 Å². The van der Waals surface area contributed by atoms with Crippen LogP contribution in [0.25, 0.3) is 11.3 Å². The highest BCUT2D eigenvalue weighted by atomic mass is 35.5. The minimum atomic E-state index is 0.760. The Hall–Kier alpha value is -1.10. The molecule has 1 saturated heterocycles.